The van der Waals surface area contributed by atoms with Crippen molar-refractivity contribution in [3.05, 3.63) is 58.8 Å². The largest absolute Gasteiger partial charge is 0.265 e. The first-order valence-electron chi connectivity index (χ1n) is 6.44. The zero-order valence-corrected chi connectivity index (χ0v) is 12.6. The second-order valence-electron chi connectivity index (χ2n) is 4.38. The van der Waals surface area contributed by atoms with Crippen molar-refractivity contribution in [3.63, 3.8) is 0 Å². The summed E-state index contributed by atoms with van der Waals surface area (Å²) in [5, 5.41) is 1.88. The average Bonchev–Trinajstić information content (AvgIpc) is 2.93. The lowest BCUT2D eigenvalue weighted by atomic mass is 10.1. The maximum Gasteiger partial charge on any atom is 0.0936 e. The topological polar surface area (TPSA) is 25.8 Å². The number of aromatic nitrogens is 2. The molecule has 3 rings (SSSR count). The molecule has 2 nitrogen and oxygen atoms in total. The van der Waals surface area contributed by atoms with E-state index in [1.165, 1.54) is 4.88 Å². The van der Waals surface area contributed by atoms with Gasteiger partial charge in [-0.25, -0.2) is 4.98 Å². The summed E-state index contributed by atoms with van der Waals surface area (Å²) in [5.41, 5.74) is 3.27. The minimum absolute atomic E-state index is 0.741. The Bertz CT molecular complexity index is 705. The Morgan fingerprint density at radius 3 is 2.35 bits per heavy atom. The van der Waals surface area contributed by atoms with Gasteiger partial charge in [0.05, 0.1) is 15.6 Å². The molecule has 0 spiro atoms. The van der Waals surface area contributed by atoms with Crippen molar-refractivity contribution in [2.45, 2.75) is 13.3 Å². The summed E-state index contributed by atoms with van der Waals surface area (Å²) in [6, 6.07) is 11.9. The SMILES string of the molecule is CCc1nc(-c2ccc(Cl)cc2)c(-c2ccncc2)s1. The summed E-state index contributed by atoms with van der Waals surface area (Å²) >= 11 is 7.70. The highest BCUT2D eigenvalue weighted by molar-refractivity contribution is 7.15. The number of benzene rings is 1. The second kappa shape index (κ2) is 5.73. The molecule has 0 bridgehead atoms. The highest BCUT2D eigenvalue weighted by Gasteiger charge is 2.14. The molecule has 0 radical (unpaired) electrons. The molecule has 2 heterocycles. The third-order valence-corrected chi connectivity index (χ3v) is 4.53. The number of hydrogen-bond donors (Lipinski definition) is 0. The van der Waals surface area contributed by atoms with Crippen molar-refractivity contribution in [2.75, 3.05) is 0 Å². The molecule has 1 aromatic carbocycles. The first kappa shape index (κ1) is 13.3. The zero-order chi connectivity index (χ0) is 13.9. The fraction of sp³-hybridized carbons (Fsp3) is 0.125. The summed E-state index contributed by atoms with van der Waals surface area (Å²) in [7, 11) is 0. The van der Waals surface area contributed by atoms with E-state index >= 15 is 0 Å². The van der Waals surface area contributed by atoms with E-state index in [0.717, 1.165) is 33.3 Å². The molecule has 0 amide bonds. The van der Waals surface area contributed by atoms with E-state index in [0.29, 0.717) is 0 Å². The molecule has 20 heavy (non-hydrogen) atoms. The van der Waals surface area contributed by atoms with Gasteiger partial charge in [0.2, 0.25) is 0 Å². The summed E-state index contributed by atoms with van der Waals surface area (Å²) in [4.78, 5) is 10.0. The predicted molar refractivity (Wildman–Crippen MR) is 85.2 cm³/mol. The van der Waals surface area contributed by atoms with Gasteiger partial charge in [-0.3, -0.25) is 4.98 Å². The molecule has 0 fully saturated rings. The number of nitrogens with zero attached hydrogens (tertiary/aromatic N) is 2. The second-order valence-corrected chi connectivity index (χ2v) is 5.90. The maximum atomic E-state index is 5.96. The van der Waals surface area contributed by atoms with Crippen LogP contribution >= 0.6 is 22.9 Å². The van der Waals surface area contributed by atoms with Gasteiger partial charge in [-0.2, -0.15) is 0 Å². The van der Waals surface area contributed by atoms with Crippen molar-refractivity contribution in [3.8, 4) is 21.7 Å². The van der Waals surface area contributed by atoms with Crippen LogP contribution in [0.2, 0.25) is 5.02 Å². The van der Waals surface area contributed by atoms with Crippen LogP contribution in [0.3, 0.4) is 0 Å². The number of rotatable bonds is 3. The van der Waals surface area contributed by atoms with Crippen LogP contribution in [0.15, 0.2) is 48.8 Å². The van der Waals surface area contributed by atoms with Crippen molar-refractivity contribution in [2.24, 2.45) is 0 Å². The van der Waals surface area contributed by atoms with E-state index in [1.807, 2.05) is 48.8 Å². The Morgan fingerprint density at radius 1 is 1.00 bits per heavy atom. The first-order valence-corrected chi connectivity index (χ1v) is 7.63. The number of halogens is 1. The minimum Gasteiger partial charge on any atom is -0.265 e. The van der Waals surface area contributed by atoms with Gasteiger partial charge in [0.1, 0.15) is 0 Å². The molecule has 0 unspecified atom stereocenters. The highest BCUT2D eigenvalue weighted by Crippen LogP contribution is 2.37. The number of pyridine rings is 1. The summed E-state index contributed by atoms with van der Waals surface area (Å²) in [6.45, 7) is 2.13. The van der Waals surface area contributed by atoms with Gasteiger partial charge in [0.15, 0.2) is 0 Å². The lowest BCUT2D eigenvalue weighted by molar-refractivity contribution is 1.10. The standard InChI is InChI=1S/C16H13ClN2S/c1-2-14-19-15(11-3-5-13(17)6-4-11)16(20-14)12-7-9-18-10-8-12/h3-10H,2H2,1H3. The molecule has 0 aliphatic heterocycles. The van der Waals surface area contributed by atoms with Gasteiger partial charge in [0, 0.05) is 23.0 Å². The summed E-state index contributed by atoms with van der Waals surface area (Å²) in [6.07, 6.45) is 4.56. The Morgan fingerprint density at radius 2 is 1.70 bits per heavy atom. The average molecular weight is 301 g/mol. The fourth-order valence-corrected chi connectivity index (χ4v) is 3.17. The van der Waals surface area contributed by atoms with Crippen LogP contribution in [-0.4, -0.2) is 9.97 Å². The Hall–Kier alpha value is -1.71. The molecule has 0 aliphatic rings. The van der Waals surface area contributed by atoms with Gasteiger partial charge in [-0.15, -0.1) is 11.3 Å². The van der Waals surface area contributed by atoms with Crippen LogP contribution < -0.4 is 0 Å². The monoisotopic (exact) mass is 300 g/mol. The van der Waals surface area contributed by atoms with Gasteiger partial charge in [-0.05, 0) is 36.2 Å². The van der Waals surface area contributed by atoms with Gasteiger partial charge >= 0.3 is 0 Å². The number of hydrogen-bond acceptors (Lipinski definition) is 3. The van der Waals surface area contributed by atoms with Gasteiger partial charge in [0.25, 0.3) is 0 Å². The van der Waals surface area contributed by atoms with Crippen molar-refractivity contribution in [1.82, 2.24) is 9.97 Å². The lowest BCUT2D eigenvalue weighted by Gasteiger charge is -2.02. The first-order chi connectivity index (χ1) is 9.78. The molecule has 0 aliphatic carbocycles. The molecule has 0 atom stereocenters. The van der Waals surface area contributed by atoms with Crippen LogP contribution in [0.4, 0.5) is 0 Å². The molecule has 2 aromatic heterocycles. The lowest BCUT2D eigenvalue weighted by Crippen LogP contribution is -1.83. The molecular weight excluding hydrogens is 288 g/mol. The fourth-order valence-electron chi connectivity index (χ4n) is 2.02. The van der Waals surface area contributed by atoms with Gasteiger partial charge in [-0.1, -0.05) is 30.7 Å². The Labute approximate surface area is 127 Å². The Balaban J connectivity index is 2.15. The van der Waals surface area contributed by atoms with Gasteiger partial charge < -0.3 is 0 Å². The van der Waals surface area contributed by atoms with Crippen LogP contribution in [0.5, 0.6) is 0 Å². The van der Waals surface area contributed by atoms with Crippen molar-refractivity contribution < 1.29 is 0 Å². The van der Waals surface area contributed by atoms with E-state index in [4.69, 9.17) is 16.6 Å². The van der Waals surface area contributed by atoms with E-state index in [-0.39, 0.29) is 0 Å². The summed E-state index contributed by atoms with van der Waals surface area (Å²) < 4.78 is 0. The molecule has 0 N–H and O–H groups in total. The molecule has 0 saturated carbocycles. The smallest absolute Gasteiger partial charge is 0.0936 e. The molecule has 0 saturated heterocycles. The minimum atomic E-state index is 0.741. The van der Waals surface area contributed by atoms with E-state index in [2.05, 4.69) is 11.9 Å². The maximum absolute atomic E-state index is 5.96. The zero-order valence-electron chi connectivity index (χ0n) is 11.0. The highest BCUT2D eigenvalue weighted by atomic mass is 35.5. The molecule has 3 aromatic rings. The Kier molecular flexibility index (Phi) is 3.81. The van der Waals surface area contributed by atoms with E-state index in [9.17, 15) is 0 Å². The van der Waals surface area contributed by atoms with Crippen LogP contribution in [0.25, 0.3) is 21.7 Å². The molecular formula is C16H13ClN2S. The van der Waals surface area contributed by atoms with Crippen LogP contribution in [-0.2, 0) is 6.42 Å². The summed E-state index contributed by atoms with van der Waals surface area (Å²) in [5.74, 6) is 0. The van der Waals surface area contributed by atoms with Crippen molar-refractivity contribution in [1.29, 1.82) is 0 Å². The number of aryl methyl sites for hydroxylation is 1. The quantitative estimate of drug-likeness (QED) is 0.673. The van der Waals surface area contributed by atoms with Crippen LogP contribution in [0, 0.1) is 0 Å². The molecule has 100 valence electrons. The predicted octanol–water partition coefficient (Wildman–Crippen LogP) is 5.09. The van der Waals surface area contributed by atoms with E-state index < -0.39 is 0 Å². The number of thiazole rings is 1. The molecule has 4 heteroatoms. The normalized spacial score (nSPS) is 10.7. The third-order valence-electron chi connectivity index (χ3n) is 3.03. The third kappa shape index (κ3) is 2.60. The van der Waals surface area contributed by atoms with Crippen LogP contribution in [0.1, 0.15) is 11.9 Å². The van der Waals surface area contributed by atoms with E-state index in [1.54, 1.807) is 11.3 Å². The van der Waals surface area contributed by atoms with Crippen molar-refractivity contribution >= 4 is 22.9 Å².